The quantitative estimate of drug-likeness (QED) is 0.616. The second kappa shape index (κ2) is 11.2. The SMILES string of the molecule is OC(COCCOc1ccc(Br)cc1)CN1CCCCC1.[Cl-]. The van der Waals surface area contributed by atoms with E-state index < -0.39 is 6.10 Å². The maximum atomic E-state index is 9.94. The van der Waals surface area contributed by atoms with E-state index in [1.54, 1.807) is 0 Å². The number of piperidine rings is 1. The normalized spacial score (nSPS) is 16.8. The molecule has 126 valence electrons. The van der Waals surface area contributed by atoms with Gasteiger partial charge in [0, 0.05) is 11.0 Å². The van der Waals surface area contributed by atoms with Gasteiger partial charge in [-0.3, -0.25) is 0 Å². The van der Waals surface area contributed by atoms with Crippen LogP contribution in [-0.4, -0.2) is 55.6 Å². The summed E-state index contributed by atoms with van der Waals surface area (Å²) in [5, 5.41) is 9.94. The fourth-order valence-electron chi connectivity index (χ4n) is 2.46. The summed E-state index contributed by atoms with van der Waals surface area (Å²) in [6.45, 7) is 4.28. The van der Waals surface area contributed by atoms with Gasteiger partial charge >= 0.3 is 0 Å². The number of halogens is 2. The highest BCUT2D eigenvalue weighted by Gasteiger charge is 2.14. The maximum Gasteiger partial charge on any atom is 0.119 e. The zero-order valence-corrected chi connectivity index (χ0v) is 15.1. The Bertz CT molecular complexity index is 399. The standard InChI is InChI=1S/C16H24BrNO3.ClH/c17-14-4-6-16(7-5-14)21-11-10-20-13-15(19)12-18-8-2-1-3-9-18;/h4-7,15,19H,1-3,8-13H2;1H/p-1. The van der Waals surface area contributed by atoms with Crippen molar-refractivity contribution in [2.24, 2.45) is 0 Å². The topological polar surface area (TPSA) is 41.9 Å². The van der Waals surface area contributed by atoms with E-state index >= 15 is 0 Å². The molecule has 4 nitrogen and oxygen atoms in total. The molecule has 0 amide bonds. The Labute approximate surface area is 147 Å². The van der Waals surface area contributed by atoms with Crippen LogP contribution < -0.4 is 17.1 Å². The lowest BCUT2D eigenvalue weighted by atomic mass is 10.1. The molecule has 0 saturated carbocycles. The molecule has 0 spiro atoms. The number of nitrogens with zero attached hydrogens (tertiary/aromatic N) is 1. The fourth-order valence-corrected chi connectivity index (χ4v) is 2.73. The molecule has 1 aliphatic heterocycles. The van der Waals surface area contributed by atoms with Crippen LogP contribution in [0.2, 0.25) is 0 Å². The van der Waals surface area contributed by atoms with Crippen LogP contribution >= 0.6 is 15.9 Å². The predicted octanol–water partition coefficient (Wildman–Crippen LogP) is -0.305. The minimum atomic E-state index is -0.407. The molecule has 1 heterocycles. The molecule has 0 aliphatic carbocycles. The molecular weight excluding hydrogens is 370 g/mol. The second-order valence-corrected chi connectivity index (χ2v) is 6.31. The summed E-state index contributed by atoms with van der Waals surface area (Å²) < 4.78 is 12.1. The summed E-state index contributed by atoms with van der Waals surface area (Å²) in [5.74, 6) is 0.829. The summed E-state index contributed by atoms with van der Waals surface area (Å²) in [7, 11) is 0. The number of benzene rings is 1. The number of β-amino-alcohol motifs (C(OH)–C–C–N with tert-alkyl or cyclic N) is 1. The van der Waals surface area contributed by atoms with Crippen LogP contribution in [0.25, 0.3) is 0 Å². The minimum absolute atomic E-state index is 0. The Kier molecular flexibility index (Phi) is 10.1. The van der Waals surface area contributed by atoms with E-state index in [1.165, 1.54) is 19.3 Å². The van der Waals surface area contributed by atoms with Crippen LogP contribution in [0.5, 0.6) is 5.75 Å². The van der Waals surface area contributed by atoms with Gasteiger partial charge in [-0.25, -0.2) is 0 Å². The molecule has 0 bridgehead atoms. The van der Waals surface area contributed by atoms with Crippen molar-refractivity contribution < 1.29 is 27.0 Å². The lowest BCUT2D eigenvalue weighted by Crippen LogP contribution is -3.00. The van der Waals surface area contributed by atoms with E-state index in [1.807, 2.05) is 24.3 Å². The number of rotatable bonds is 8. The Morgan fingerprint density at radius 3 is 2.45 bits per heavy atom. The molecule has 1 atom stereocenters. The van der Waals surface area contributed by atoms with Crippen LogP contribution in [0.15, 0.2) is 28.7 Å². The van der Waals surface area contributed by atoms with E-state index in [0.29, 0.717) is 26.4 Å². The van der Waals surface area contributed by atoms with Crippen molar-refractivity contribution >= 4 is 15.9 Å². The fraction of sp³-hybridized carbons (Fsp3) is 0.625. The first-order valence-electron chi connectivity index (χ1n) is 7.60. The zero-order valence-electron chi connectivity index (χ0n) is 12.7. The highest BCUT2D eigenvalue weighted by atomic mass is 79.9. The molecule has 6 heteroatoms. The van der Waals surface area contributed by atoms with Crippen molar-refractivity contribution in [1.29, 1.82) is 0 Å². The van der Waals surface area contributed by atoms with Gasteiger partial charge in [0.1, 0.15) is 12.4 Å². The summed E-state index contributed by atoms with van der Waals surface area (Å²) in [4.78, 5) is 2.32. The van der Waals surface area contributed by atoms with E-state index in [9.17, 15) is 5.11 Å². The van der Waals surface area contributed by atoms with E-state index in [2.05, 4.69) is 20.8 Å². The smallest absolute Gasteiger partial charge is 0.119 e. The molecule has 1 N–H and O–H groups in total. The first-order chi connectivity index (χ1) is 10.2. The number of hydrogen-bond donors (Lipinski definition) is 1. The van der Waals surface area contributed by atoms with Crippen LogP contribution in [0.1, 0.15) is 19.3 Å². The number of aliphatic hydroxyl groups excluding tert-OH is 1. The van der Waals surface area contributed by atoms with Crippen molar-refractivity contribution in [3.05, 3.63) is 28.7 Å². The number of likely N-dealkylation sites (tertiary alicyclic amines) is 1. The molecule has 2 rings (SSSR count). The van der Waals surface area contributed by atoms with Crippen molar-refractivity contribution in [2.75, 3.05) is 39.5 Å². The highest BCUT2D eigenvalue weighted by Crippen LogP contribution is 2.15. The van der Waals surface area contributed by atoms with Gasteiger partial charge in [-0.15, -0.1) is 0 Å². The lowest BCUT2D eigenvalue weighted by molar-refractivity contribution is -0.0000162. The molecule has 1 aromatic carbocycles. The molecule has 1 fully saturated rings. The third-order valence-electron chi connectivity index (χ3n) is 3.54. The molecule has 0 aromatic heterocycles. The van der Waals surface area contributed by atoms with Crippen molar-refractivity contribution in [3.63, 3.8) is 0 Å². The number of hydrogen-bond acceptors (Lipinski definition) is 4. The Balaban J connectivity index is 0.00000242. The van der Waals surface area contributed by atoms with E-state index in [0.717, 1.165) is 23.3 Å². The van der Waals surface area contributed by atoms with Crippen LogP contribution in [-0.2, 0) is 4.74 Å². The van der Waals surface area contributed by atoms with E-state index in [-0.39, 0.29) is 12.4 Å². The van der Waals surface area contributed by atoms with Crippen molar-refractivity contribution in [1.82, 2.24) is 4.90 Å². The summed E-state index contributed by atoms with van der Waals surface area (Å²) in [6, 6.07) is 7.71. The van der Waals surface area contributed by atoms with Gasteiger partial charge in [0.25, 0.3) is 0 Å². The maximum absolute atomic E-state index is 9.94. The highest BCUT2D eigenvalue weighted by molar-refractivity contribution is 9.10. The molecule has 22 heavy (non-hydrogen) atoms. The second-order valence-electron chi connectivity index (χ2n) is 5.39. The molecule has 1 saturated heterocycles. The predicted molar refractivity (Wildman–Crippen MR) is 86.8 cm³/mol. The average molecular weight is 394 g/mol. The Morgan fingerprint density at radius 1 is 1.09 bits per heavy atom. The Morgan fingerprint density at radius 2 is 1.77 bits per heavy atom. The Hall–Kier alpha value is -0.330. The van der Waals surface area contributed by atoms with Gasteiger partial charge in [-0.05, 0) is 50.2 Å². The monoisotopic (exact) mass is 392 g/mol. The largest absolute Gasteiger partial charge is 1.00 e. The van der Waals surface area contributed by atoms with Gasteiger partial charge in [0.15, 0.2) is 0 Å². The summed E-state index contributed by atoms with van der Waals surface area (Å²) in [6.07, 6.45) is 3.40. The lowest BCUT2D eigenvalue weighted by Gasteiger charge is -2.28. The first-order valence-corrected chi connectivity index (χ1v) is 8.40. The van der Waals surface area contributed by atoms with Gasteiger partial charge in [-0.2, -0.15) is 0 Å². The summed E-state index contributed by atoms with van der Waals surface area (Å²) in [5.41, 5.74) is 0. The van der Waals surface area contributed by atoms with Gasteiger partial charge in [0.2, 0.25) is 0 Å². The first kappa shape index (κ1) is 19.7. The molecule has 1 aliphatic rings. The summed E-state index contributed by atoms with van der Waals surface area (Å²) >= 11 is 3.38. The minimum Gasteiger partial charge on any atom is -1.00 e. The number of ether oxygens (including phenoxy) is 2. The van der Waals surface area contributed by atoms with Crippen LogP contribution in [0.4, 0.5) is 0 Å². The van der Waals surface area contributed by atoms with Gasteiger partial charge in [0.05, 0.1) is 19.3 Å². The van der Waals surface area contributed by atoms with Crippen molar-refractivity contribution in [2.45, 2.75) is 25.4 Å². The van der Waals surface area contributed by atoms with Crippen LogP contribution in [0.3, 0.4) is 0 Å². The van der Waals surface area contributed by atoms with E-state index in [4.69, 9.17) is 9.47 Å². The molecule has 0 radical (unpaired) electrons. The average Bonchev–Trinajstić information content (AvgIpc) is 2.50. The number of aliphatic hydroxyl groups is 1. The zero-order chi connectivity index (χ0) is 14.9. The van der Waals surface area contributed by atoms with Gasteiger partial charge < -0.3 is 31.9 Å². The van der Waals surface area contributed by atoms with Crippen LogP contribution in [0, 0.1) is 0 Å². The molecular formula is C16H24BrClNO3-. The molecule has 1 unspecified atom stereocenters. The molecule has 1 aromatic rings. The van der Waals surface area contributed by atoms with Gasteiger partial charge in [-0.1, -0.05) is 22.4 Å². The van der Waals surface area contributed by atoms with Crippen molar-refractivity contribution in [3.8, 4) is 5.75 Å². The third-order valence-corrected chi connectivity index (χ3v) is 4.07. The third kappa shape index (κ3) is 7.79.